The molecule has 2 aromatic heterocycles. The van der Waals surface area contributed by atoms with Gasteiger partial charge in [-0.15, -0.1) is 0 Å². The zero-order valence-electron chi connectivity index (χ0n) is 17.3. The third-order valence-electron chi connectivity index (χ3n) is 5.02. The van der Waals surface area contributed by atoms with E-state index in [0.717, 1.165) is 11.3 Å². The average molecular weight is 414 g/mol. The molecule has 4 aromatic rings. The minimum absolute atomic E-state index is 0.260. The van der Waals surface area contributed by atoms with Crippen LogP contribution in [0.2, 0.25) is 0 Å². The molecule has 156 valence electrons. The van der Waals surface area contributed by atoms with Crippen LogP contribution < -0.4 is 10.6 Å². The number of para-hydroxylation sites is 2. The van der Waals surface area contributed by atoms with Crippen LogP contribution in [0.4, 0.5) is 5.69 Å². The van der Waals surface area contributed by atoms with Crippen LogP contribution >= 0.6 is 0 Å². The maximum Gasteiger partial charge on any atom is 0.259 e. The van der Waals surface area contributed by atoms with Gasteiger partial charge in [-0.1, -0.05) is 30.3 Å². The largest absolute Gasteiger partial charge is 0.467 e. The molecule has 7 nitrogen and oxygen atoms in total. The molecule has 2 aromatic carbocycles. The molecule has 7 heteroatoms. The minimum Gasteiger partial charge on any atom is -0.467 e. The van der Waals surface area contributed by atoms with E-state index in [1.807, 2.05) is 38.1 Å². The van der Waals surface area contributed by atoms with E-state index in [9.17, 15) is 9.59 Å². The van der Waals surface area contributed by atoms with Crippen molar-refractivity contribution in [3.05, 3.63) is 101 Å². The molecule has 0 atom stereocenters. The van der Waals surface area contributed by atoms with Gasteiger partial charge in [0.25, 0.3) is 11.8 Å². The highest BCUT2D eigenvalue weighted by molar-refractivity contribution is 6.09. The summed E-state index contributed by atoms with van der Waals surface area (Å²) in [4.78, 5) is 25.6. The van der Waals surface area contributed by atoms with Gasteiger partial charge in [-0.3, -0.25) is 9.59 Å². The third-order valence-corrected chi connectivity index (χ3v) is 5.02. The maximum atomic E-state index is 13.0. The fourth-order valence-corrected chi connectivity index (χ4v) is 3.33. The molecule has 31 heavy (non-hydrogen) atoms. The molecule has 0 spiro atoms. The van der Waals surface area contributed by atoms with Crippen molar-refractivity contribution in [3.63, 3.8) is 0 Å². The lowest BCUT2D eigenvalue weighted by molar-refractivity contribution is 0.0949. The average Bonchev–Trinajstić information content (AvgIpc) is 3.42. The van der Waals surface area contributed by atoms with Crippen molar-refractivity contribution in [2.24, 2.45) is 0 Å². The fourth-order valence-electron chi connectivity index (χ4n) is 3.33. The number of nitrogens with zero attached hydrogens (tertiary/aromatic N) is 2. The Hall–Kier alpha value is -4.13. The first-order valence-corrected chi connectivity index (χ1v) is 9.86. The van der Waals surface area contributed by atoms with Gasteiger partial charge >= 0.3 is 0 Å². The number of amides is 2. The summed E-state index contributed by atoms with van der Waals surface area (Å²) in [5, 5.41) is 10.0. The van der Waals surface area contributed by atoms with Gasteiger partial charge in [-0.25, -0.2) is 4.68 Å². The van der Waals surface area contributed by atoms with Crippen molar-refractivity contribution in [2.45, 2.75) is 20.4 Å². The summed E-state index contributed by atoms with van der Waals surface area (Å²) in [6, 6.07) is 18.3. The van der Waals surface area contributed by atoms with Gasteiger partial charge < -0.3 is 15.1 Å². The number of rotatable bonds is 6. The molecule has 2 amide bonds. The number of carbonyl (C=O) groups excluding carboxylic acids is 2. The van der Waals surface area contributed by atoms with Gasteiger partial charge in [0.05, 0.1) is 47.2 Å². The highest BCUT2D eigenvalue weighted by Crippen LogP contribution is 2.20. The standard InChI is InChI=1S/C24H22N4O3/c1-16-8-3-6-12-22(16)28-17(2)20(15-26-28)24(30)27-21-11-5-4-10-19(21)23(29)25-14-18-9-7-13-31-18/h3-13,15H,14H2,1-2H3,(H,25,29)(H,27,30). The summed E-state index contributed by atoms with van der Waals surface area (Å²) in [7, 11) is 0. The van der Waals surface area contributed by atoms with Gasteiger partial charge in [0.1, 0.15) is 5.76 Å². The molecule has 4 rings (SSSR count). The van der Waals surface area contributed by atoms with Crippen molar-refractivity contribution in [1.29, 1.82) is 0 Å². The first-order chi connectivity index (χ1) is 15.0. The number of aryl methyl sites for hydroxylation is 1. The zero-order chi connectivity index (χ0) is 21.8. The molecule has 0 unspecified atom stereocenters. The van der Waals surface area contributed by atoms with E-state index in [1.165, 1.54) is 6.20 Å². The molecule has 0 saturated heterocycles. The Morgan fingerprint density at radius 3 is 2.48 bits per heavy atom. The number of hydrogen-bond donors (Lipinski definition) is 2. The Balaban J connectivity index is 1.53. The smallest absolute Gasteiger partial charge is 0.259 e. The molecule has 0 bridgehead atoms. The SMILES string of the molecule is Cc1ccccc1-n1ncc(C(=O)Nc2ccccc2C(=O)NCc2ccco2)c1C. The molecule has 0 saturated carbocycles. The predicted octanol–water partition coefficient (Wildman–Crippen LogP) is 4.26. The lowest BCUT2D eigenvalue weighted by Gasteiger charge is -2.11. The van der Waals surface area contributed by atoms with Gasteiger partial charge in [0.2, 0.25) is 0 Å². The summed E-state index contributed by atoms with van der Waals surface area (Å²) in [5.74, 6) is 0.0114. The summed E-state index contributed by atoms with van der Waals surface area (Å²) in [6.45, 7) is 4.10. The second kappa shape index (κ2) is 8.71. The molecular weight excluding hydrogens is 392 g/mol. The number of benzene rings is 2. The van der Waals surface area contributed by atoms with E-state index in [2.05, 4.69) is 15.7 Å². The highest BCUT2D eigenvalue weighted by atomic mass is 16.3. The number of furan rings is 1. The van der Waals surface area contributed by atoms with Gasteiger partial charge in [0.15, 0.2) is 0 Å². The van der Waals surface area contributed by atoms with Crippen molar-refractivity contribution < 1.29 is 14.0 Å². The number of nitrogens with one attached hydrogen (secondary N) is 2. The number of aromatic nitrogens is 2. The lowest BCUT2D eigenvalue weighted by atomic mass is 10.1. The Kier molecular flexibility index (Phi) is 5.66. The number of hydrogen-bond acceptors (Lipinski definition) is 4. The molecule has 0 fully saturated rings. The Morgan fingerprint density at radius 1 is 0.935 bits per heavy atom. The summed E-state index contributed by atoms with van der Waals surface area (Å²) >= 11 is 0. The van der Waals surface area contributed by atoms with Crippen LogP contribution in [0.25, 0.3) is 5.69 Å². The van der Waals surface area contributed by atoms with E-state index in [0.29, 0.717) is 28.3 Å². The number of anilines is 1. The van der Waals surface area contributed by atoms with Gasteiger partial charge in [-0.05, 0) is 49.7 Å². The second-order valence-corrected chi connectivity index (χ2v) is 7.10. The van der Waals surface area contributed by atoms with Crippen LogP contribution in [-0.4, -0.2) is 21.6 Å². The Bertz CT molecular complexity index is 1230. The van der Waals surface area contributed by atoms with E-state index >= 15 is 0 Å². The Labute approximate surface area is 179 Å². The summed E-state index contributed by atoms with van der Waals surface area (Å²) in [5.41, 5.74) is 3.91. The van der Waals surface area contributed by atoms with Crippen molar-refractivity contribution >= 4 is 17.5 Å². The predicted molar refractivity (Wildman–Crippen MR) is 117 cm³/mol. The first kappa shape index (κ1) is 20.2. The molecule has 0 aliphatic carbocycles. The van der Waals surface area contributed by atoms with Gasteiger partial charge in [-0.2, -0.15) is 5.10 Å². The van der Waals surface area contributed by atoms with Crippen LogP contribution in [0.1, 0.15) is 37.7 Å². The number of carbonyl (C=O) groups is 2. The van der Waals surface area contributed by atoms with Crippen LogP contribution in [0.3, 0.4) is 0 Å². The van der Waals surface area contributed by atoms with Crippen molar-refractivity contribution in [2.75, 3.05) is 5.32 Å². The monoisotopic (exact) mass is 414 g/mol. The molecule has 2 N–H and O–H groups in total. The topological polar surface area (TPSA) is 89.2 Å². The Morgan fingerprint density at radius 2 is 1.71 bits per heavy atom. The molecule has 0 aliphatic heterocycles. The van der Waals surface area contributed by atoms with Crippen LogP contribution in [0, 0.1) is 13.8 Å². The van der Waals surface area contributed by atoms with Crippen LogP contribution in [0.5, 0.6) is 0 Å². The summed E-state index contributed by atoms with van der Waals surface area (Å²) in [6.07, 6.45) is 3.09. The normalized spacial score (nSPS) is 10.6. The summed E-state index contributed by atoms with van der Waals surface area (Å²) < 4.78 is 6.98. The molecule has 0 radical (unpaired) electrons. The van der Waals surface area contributed by atoms with E-state index in [-0.39, 0.29) is 18.4 Å². The van der Waals surface area contributed by atoms with Crippen molar-refractivity contribution in [3.8, 4) is 5.69 Å². The van der Waals surface area contributed by atoms with Gasteiger partial charge in [0, 0.05) is 0 Å². The maximum absolute atomic E-state index is 13.0. The molecular formula is C24H22N4O3. The zero-order valence-corrected chi connectivity index (χ0v) is 17.3. The van der Waals surface area contributed by atoms with Crippen LogP contribution in [0.15, 0.2) is 77.5 Å². The quantitative estimate of drug-likeness (QED) is 0.493. The highest BCUT2D eigenvalue weighted by Gasteiger charge is 2.19. The van der Waals surface area contributed by atoms with Crippen LogP contribution in [-0.2, 0) is 6.54 Å². The molecule has 0 aliphatic rings. The lowest BCUT2D eigenvalue weighted by Crippen LogP contribution is -2.24. The third kappa shape index (κ3) is 4.25. The molecule has 2 heterocycles. The second-order valence-electron chi connectivity index (χ2n) is 7.10. The fraction of sp³-hybridized carbons (Fsp3) is 0.125. The van der Waals surface area contributed by atoms with E-state index in [1.54, 1.807) is 47.3 Å². The first-order valence-electron chi connectivity index (χ1n) is 9.86. The van der Waals surface area contributed by atoms with E-state index in [4.69, 9.17) is 4.42 Å². The van der Waals surface area contributed by atoms with Crippen molar-refractivity contribution in [1.82, 2.24) is 15.1 Å². The minimum atomic E-state index is -0.330. The van der Waals surface area contributed by atoms with E-state index < -0.39 is 0 Å².